The lowest BCUT2D eigenvalue weighted by molar-refractivity contribution is 0.181. The number of fused-ring (bicyclic) bond motifs is 1. The summed E-state index contributed by atoms with van der Waals surface area (Å²) < 4.78 is 15.2. The van der Waals surface area contributed by atoms with E-state index in [1.54, 1.807) is 29.4 Å². The highest BCUT2D eigenvalue weighted by molar-refractivity contribution is 5.90. The van der Waals surface area contributed by atoms with Crippen LogP contribution in [0.5, 0.6) is 0 Å². The molecule has 2 aromatic heterocycles. The molecule has 1 aromatic carbocycles. The van der Waals surface area contributed by atoms with Crippen LogP contribution in [0.25, 0.3) is 0 Å². The maximum Gasteiger partial charge on any atom is 0.322 e. The average molecular weight is 336 g/mol. The second-order valence-corrected chi connectivity index (χ2v) is 5.95. The standard InChI is InChI=1S/C19H17FN4O/c20-15-5-7-16(8-6-15)22-19(25)24-12-11-23-10-2-4-17(23)18(24)14-3-1-9-21-13-14/h1-10,13,18H,11-12H2,(H,22,25)/t18-/m1/s1. The summed E-state index contributed by atoms with van der Waals surface area (Å²) in [6.45, 7) is 1.31. The normalized spacial score (nSPS) is 16.4. The van der Waals surface area contributed by atoms with Gasteiger partial charge in [0.1, 0.15) is 11.9 Å². The van der Waals surface area contributed by atoms with Crippen LogP contribution in [-0.4, -0.2) is 27.0 Å². The van der Waals surface area contributed by atoms with Gasteiger partial charge in [-0.1, -0.05) is 6.07 Å². The van der Waals surface area contributed by atoms with Crippen LogP contribution >= 0.6 is 0 Å². The van der Waals surface area contributed by atoms with Crippen LogP contribution in [0.4, 0.5) is 14.9 Å². The van der Waals surface area contributed by atoms with Crippen LogP contribution in [-0.2, 0) is 6.54 Å². The van der Waals surface area contributed by atoms with E-state index in [-0.39, 0.29) is 17.9 Å². The van der Waals surface area contributed by atoms with Crippen molar-refractivity contribution < 1.29 is 9.18 Å². The van der Waals surface area contributed by atoms with Crippen molar-refractivity contribution in [2.45, 2.75) is 12.6 Å². The molecule has 2 amide bonds. The van der Waals surface area contributed by atoms with E-state index in [4.69, 9.17) is 0 Å². The number of pyridine rings is 1. The minimum Gasteiger partial charge on any atom is -0.348 e. The molecule has 0 saturated heterocycles. The van der Waals surface area contributed by atoms with Gasteiger partial charge in [-0.2, -0.15) is 0 Å². The first-order valence-corrected chi connectivity index (χ1v) is 8.10. The zero-order valence-corrected chi connectivity index (χ0v) is 13.5. The lowest BCUT2D eigenvalue weighted by Crippen LogP contribution is -2.44. The van der Waals surface area contributed by atoms with E-state index in [1.165, 1.54) is 12.1 Å². The number of aromatic nitrogens is 2. The van der Waals surface area contributed by atoms with Crippen molar-refractivity contribution in [3.63, 3.8) is 0 Å². The fourth-order valence-electron chi connectivity index (χ4n) is 3.22. The molecule has 25 heavy (non-hydrogen) atoms. The van der Waals surface area contributed by atoms with Gasteiger partial charge in [0.25, 0.3) is 0 Å². The number of rotatable bonds is 2. The minimum absolute atomic E-state index is 0.210. The van der Waals surface area contributed by atoms with Gasteiger partial charge < -0.3 is 14.8 Å². The number of urea groups is 1. The average Bonchev–Trinajstić information content (AvgIpc) is 3.12. The number of benzene rings is 1. The van der Waals surface area contributed by atoms with Gasteiger partial charge in [-0.15, -0.1) is 0 Å². The summed E-state index contributed by atoms with van der Waals surface area (Å²) >= 11 is 0. The summed E-state index contributed by atoms with van der Waals surface area (Å²) in [5.41, 5.74) is 2.57. The van der Waals surface area contributed by atoms with Gasteiger partial charge >= 0.3 is 6.03 Å². The predicted molar refractivity (Wildman–Crippen MR) is 92.6 cm³/mol. The van der Waals surface area contributed by atoms with Gasteiger partial charge in [0.15, 0.2) is 0 Å². The second kappa shape index (κ2) is 6.39. The first-order chi connectivity index (χ1) is 12.2. The van der Waals surface area contributed by atoms with Crippen molar-refractivity contribution in [2.75, 3.05) is 11.9 Å². The number of amides is 2. The molecule has 0 spiro atoms. The molecule has 0 bridgehead atoms. The van der Waals surface area contributed by atoms with E-state index in [0.717, 1.165) is 17.8 Å². The van der Waals surface area contributed by atoms with E-state index >= 15 is 0 Å². The third-order valence-electron chi connectivity index (χ3n) is 4.39. The molecule has 126 valence electrons. The third-order valence-corrected chi connectivity index (χ3v) is 4.39. The largest absolute Gasteiger partial charge is 0.348 e. The van der Waals surface area contributed by atoms with Crippen molar-refractivity contribution in [1.29, 1.82) is 0 Å². The van der Waals surface area contributed by atoms with E-state index in [1.807, 2.05) is 30.5 Å². The molecule has 3 aromatic rings. The molecule has 1 aliphatic heterocycles. The molecule has 0 unspecified atom stereocenters. The molecule has 1 aliphatic rings. The van der Waals surface area contributed by atoms with Crippen molar-refractivity contribution in [1.82, 2.24) is 14.5 Å². The minimum atomic E-state index is -0.331. The first kappa shape index (κ1) is 15.4. The fourth-order valence-corrected chi connectivity index (χ4v) is 3.22. The molecule has 0 fully saturated rings. The molecule has 4 rings (SSSR count). The van der Waals surface area contributed by atoms with E-state index in [2.05, 4.69) is 14.9 Å². The van der Waals surface area contributed by atoms with Gasteiger partial charge in [0.2, 0.25) is 0 Å². The highest BCUT2D eigenvalue weighted by Gasteiger charge is 2.32. The molecule has 0 aliphatic carbocycles. The number of carbonyl (C=O) groups excluding carboxylic acids is 1. The van der Waals surface area contributed by atoms with E-state index < -0.39 is 0 Å². The SMILES string of the molecule is O=C(Nc1ccc(F)cc1)N1CCn2cccc2[C@H]1c1cccnc1. The molecule has 1 N–H and O–H groups in total. The maximum atomic E-state index is 13.1. The summed E-state index contributed by atoms with van der Waals surface area (Å²) in [4.78, 5) is 18.8. The molecular weight excluding hydrogens is 319 g/mol. The Bertz CT molecular complexity index is 876. The number of anilines is 1. The zero-order valence-electron chi connectivity index (χ0n) is 13.5. The Morgan fingerprint density at radius 1 is 1.12 bits per heavy atom. The van der Waals surface area contributed by atoms with Crippen LogP contribution in [0.3, 0.4) is 0 Å². The fraction of sp³-hybridized carbons (Fsp3) is 0.158. The lowest BCUT2D eigenvalue weighted by atomic mass is 10.0. The summed E-state index contributed by atoms with van der Waals surface area (Å²) in [5, 5.41) is 2.85. The monoisotopic (exact) mass is 336 g/mol. The van der Waals surface area contributed by atoms with Crippen molar-refractivity contribution in [3.8, 4) is 0 Å². The molecule has 0 radical (unpaired) electrons. The highest BCUT2D eigenvalue weighted by Crippen LogP contribution is 2.32. The maximum absolute atomic E-state index is 13.1. The van der Waals surface area contributed by atoms with Crippen LogP contribution in [0.15, 0.2) is 67.1 Å². The number of hydrogen-bond acceptors (Lipinski definition) is 2. The van der Waals surface area contributed by atoms with Gasteiger partial charge in [0, 0.05) is 43.1 Å². The third kappa shape index (κ3) is 2.98. The van der Waals surface area contributed by atoms with Gasteiger partial charge in [0.05, 0.1) is 0 Å². The summed E-state index contributed by atoms with van der Waals surface area (Å²) in [6, 6.07) is 13.2. The quantitative estimate of drug-likeness (QED) is 0.776. The second-order valence-electron chi connectivity index (χ2n) is 5.95. The number of hydrogen-bond donors (Lipinski definition) is 1. The van der Waals surface area contributed by atoms with E-state index in [9.17, 15) is 9.18 Å². The van der Waals surface area contributed by atoms with Gasteiger partial charge in [-0.3, -0.25) is 4.98 Å². The number of halogens is 1. The highest BCUT2D eigenvalue weighted by atomic mass is 19.1. The van der Waals surface area contributed by atoms with Crippen molar-refractivity contribution in [2.24, 2.45) is 0 Å². The summed E-state index contributed by atoms with van der Waals surface area (Å²) in [7, 11) is 0. The van der Waals surface area contributed by atoms with Crippen molar-refractivity contribution in [3.05, 3.63) is 84.2 Å². The summed E-state index contributed by atoms with van der Waals surface area (Å²) in [5.74, 6) is -0.331. The van der Waals surface area contributed by atoms with Gasteiger partial charge in [-0.25, -0.2) is 9.18 Å². The number of carbonyl (C=O) groups is 1. The zero-order chi connectivity index (χ0) is 17.2. The van der Waals surface area contributed by atoms with Crippen molar-refractivity contribution >= 4 is 11.7 Å². The molecule has 5 nitrogen and oxygen atoms in total. The molecule has 3 heterocycles. The number of nitrogens with zero attached hydrogens (tertiary/aromatic N) is 3. The molecular formula is C19H17FN4O. The predicted octanol–water partition coefficient (Wildman–Crippen LogP) is 3.66. The Balaban J connectivity index is 1.65. The summed E-state index contributed by atoms with van der Waals surface area (Å²) in [6.07, 6.45) is 5.52. The Morgan fingerprint density at radius 3 is 2.72 bits per heavy atom. The Hall–Kier alpha value is -3.15. The molecule has 0 saturated carbocycles. The number of nitrogens with one attached hydrogen (secondary N) is 1. The van der Waals surface area contributed by atoms with Crippen LogP contribution in [0.2, 0.25) is 0 Å². The Morgan fingerprint density at radius 2 is 1.96 bits per heavy atom. The van der Waals surface area contributed by atoms with Crippen LogP contribution < -0.4 is 5.32 Å². The topological polar surface area (TPSA) is 50.2 Å². The first-order valence-electron chi connectivity index (χ1n) is 8.10. The Kier molecular flexibility index (Phi) is 3.93. The van der Waals surface area contributed by atoms with Crippen LogP contribution in [0, 0.1) is 5.82 Å². The molecule has 6 heteroatoms. The van der Waals surface area contributed by atoms with Gasteiger partial charge in [-0.05, 0) is 48.0 Å². The smallest absolute Gasteiger partial charge is 0.322 e. The molecule has 1 atom stereocenters. The van der Waals surface area contributed by atoms with Crippen LogP contribution in [0.1, 0.15) is 17.3 Å². The van der Waals surface area contributed by atoms with E-state index in [0.29, 0.717) is 12.2 Å². The lowest BCUT2D eigenvalue weighted by Gasteiger charge is -2.37. The Labute approximate surface area is 144 Å².